The molecule has 104 heavy (non-hydrogen) atoms. The number of hydrogen-bond donors (Lipinski definition) is 0. The molecule has 2 aliphatic carbocycles. The molecule has 530 valence electrons. The molecule has 0 N–H and O–H groups in total. The number of aromatic nitrogens is 4. The van der Waals surface area contributed by atoms with E-state index in [0.717, 1.165) is 105 Å². The monoisotopic (exact) mass is 1520 g/mol. The maximum atomic E-state index is 13.7. The average molecular weight is 1520 g/mol. The van der Waals surface area contributed by atoms with Gasteiger partial charge in [-0.1, -0.05) is 274 Å². The molecule has 2 aliphatic heterocycles. The first kappa shape index (κ1) is 72.4. The van der Waals surface area contributed by atoms with Crippen molar-refractivity contribution in [1.29, 1.82) is 0 Å². The van der Waals surface area contributed by atoms with Crippen molar-refractivity contribution in [2.24, 2.45) is 0 Å². The van der Waals surface area contributed by atoms with E-state index in [2.05, 4.69) is 173 Å². The summed E-state index contributed by atoms with van der Waals surface area (Å²) in [6.07, 6.45) is 27.4. The third-order valence-corrected chi connectivity index (χ3v) is 28.1. The van der Waals surface area contributed by atoms with E-state index in [1.54, 1.807) is 9.80 Å². The van der Waals surface area contributed by atoms with Crippen LogP contribution in [0.1, 0.15) is 222 Å². The summed E-state index contributed by atoms with van der Waals surface area (Å²) >= 11 is 20.3. The number of rotatable bonds is 30. The predicted molar refractivity (Wildman–Crippen MR) is 452 cm³/mol. The molecule has 4 aromatic heterocycles. The second-order valence-corrected chi connectivity index (χ2v) is 34.9. The lowest BCUT2D eigenvalue weighted by Crippen LogP contribution is -2.30. The Morgan fingerprint density at radius 2 is 0.683 bits per heavy atom. The molecular formula is C88H88N6O2S8. The summed E-state index contributed by atoms with van der Waals surface area (Å²) in [5, 5.41) is 0. The lowest BCUT2D eigenvalue weighted by atomic mass is 9.65. The first-order valence-corrected chi connectivity index (χ1v) is 43.4. The molecule has 6 heterocycles. The maximum Gasteiger partial charge on any atom is 0.266 e. The second-order valence-electron chi connectivity index (χ2n) is 28.4. The molecule has 0 unspecified atom stereocenters. The minimum atomic E-state index is -0.757. The summed E-state index contributed by atoms with van der Waals surface area (Å²) in [5.41, 5.74) is 23.4. The van der Waals surface area contributed by atoms with Gasteiger partial charge in [0.2, 0.25) is 0 Å². The Morgan fingerprint density at radius 3 is 0.981 bits per heavy atom. The van der Waals surface area contributed by atoms with Crippen LogP contribution in [-0.4, -0.2) is 60.8 Å². The maximum absolute atomic E-state index is 13.7. The summed E-state index contributed by atoms with van der Waals surface area (Å²) in [4.78, 5) is 36.7. The fourth-order valence-electron chi connectivity index (χ4n) is 16.4. The van der Waals surface area contributed by atoms with Crippen molar-refractivity contribution in [3.63, 3.8) is 0 Å². The SMILES string of the molecule is CCCCCCc1ccc(C2(c3ccc(CCCCCC)cc3)c3cc4c(cc3-c3sc(-c5ccc(C=C6SC(=S)N(CC)C6=O)c6nsnc56)cc32)C(c2ccc(CCCCCC)cc2)(c2ccc(CCCCCC)cc2)c2cc(-c3ccc(C=C5SC(=S)N(CC)C5=O)c5nsnc35)sc2-4)cc1. The fraction of sp³-hybridized carbons (Fsp3) is 0.341. The van der Waals surface area contributed by atoms with Gasteiger partial charge in [0.15, 0.2) is 0 Å². The number of thioether (sulfide) groups is 2. The van der Waals surface area contributed by atoms with Crippen LogP contribution in [0.2, 0.25) is 0 Å². The van der Waals surface area contributed by atoms with Crippen LogP contribution >= 0.6 is 94.1 Å². The first-order chi connectivity index (χ1) is 50.9. The number of aryl methyl sites for hydroxylation is 4. The third kappa shape index (κ3) is 13.3. The van der Waals surface area contributed by atoms with Crippen LogP contribution in [0.15, 0.2) is 155 Å². The Balaban J connectivity index is 0.986. The Bertz CT molecular complexity index is 4680. The van der Waals surface area contributed by atoms with E-state index < -0.39 is 10.8 Å². The number of fused-ring (bicyclic) bond motifs is 8. The normalized spacial score (nSPS) is 15.8. The second kappa shape index (κ2) is 31.7. The summed E-state index contributed by atoms with van der Waals surface area (Å²) in [7, 11) is 0. The highest BCUT2D eigenvalue weighted by atomic mass is 32.2. The van der Waals surface area contributed by atoms with E-state index in [-0.39, 0.29) is 11.8 Å². The largest absolute Gasteiger partial charge is 0.293 e. The first-order valence-electron chi connectivity index (χ1n) is 37.8. The number of unbranched alkanes of at least 4 members (excludes halogenated alkanes) is 12. The predicted octanol–water partition coefficient (Wildman–Crippen LogP) is 24.8. The van der Waals surface area contributed by atoms with Crippen LogP contribution in [0.3, 0.4) is 0 Å². The van der Waals surface area contributed by atoms with E-state index in [1.165, 1.54) is 212 Å². The van der Waals surface area contributed by atoms with Gasteiger partial charge in [-0.15, -0.1) is 22.7 Å². The zero-order valence-corrected chi connectivity index (χ0v) is 66.9. The summed E-state index contributed by atoms with van der Waals surface area (Å²) < 4.78 is 21.3. The Labute approximate surface area is 649 Å². The molecule has 0 spiro atoms. The Morgan fingerprint density at radius 1 is 0.365 bits per heavy atom. The molecule has 0 saturated carbocycles. The average Bonchev–Trinajstić information content (AvgIpc) is 1.50. The molecule has 2 fully saturated rings. The number of hydrogen-bond acceptors (Lipinski definition) is 14. The highest BCUT2D eigenvalue weighted by molar-refractivity contribution is 8.27. The molecule has 15 rings (SSSR count). The number of carbonyl (C=O) groups is 2. The van der Waals surface area contributed by atoms with Crippen LogP contribution in [0, 0.1) is 0 Å². The van der Waals surface area contributed by atoms with E-state index in [9.17, 15) is 9.59 Å². The van der Waals surface area contributed by atoms with Gasteiger partial charge in [0.05, 0.1) is 44.1 Å². The van der Waals surface area contributed by atoms with Crippen molar-refractivity contribution < 1.29 is 9.59 Å². The van der Waals surface area contributed by atoms with Crippen LogP contribution in [0.25, 0.3) is 76.0 Å². The molecule has 2 amide bonds. The van der Waals surface area contributed by atoms with Gasteiger partial charge >= 0.3 is 0 Å². The van der Waals surface area contributed by atoms with Crippen LogP contribution in [-0.2, 0) is 46.1 Å². The van der Waals surface area contributed by atoms with Gasteiger partial charge in [-0.05, 0) is 180 Å². The summed E-state index contributed by atoms with van der Waals surface area (Å²) in [5.74, 6) is -0.140. The molecule has 2 saturated heterocycles. The Kier molecular flexibility index (Phi) is 22.1. The number of thiophene rings is 2. The zero-order valence-electron chi connectivity index (χ0n) is 60.3. The molecule has 7 aromatic carbocycles. The zero-order chi connectivity index (χ0) is 71.6. The van der Waals surface area contributed by atoms with Gasteiger partial charge in [-0.3, -0.25) is 19.4 Å². The molecule has 0 radical (unpaired) electrons. The molecule has 8 nitrogen and oxygen atoms in total. The van der Waals surface area contributed by atoms with Gasteiger partial charge in [-0.2, -0.15) is 17.5 Å². The summed E-state index contributed by atoms with van der Waals surface area (Å²) in [6.45, 7) is 14.1. The number of amides is 2. The van der Waals surface area contributed by atoms with E-state index in [1.807, 2.05) is 48.7 Å². The van der Waals surface area contributed by atoms with Crippen LogP contribution < -0.4 is 0 Å². The highest BCUT2D eigenvalue weighted by Crippen LogP contribution is 2.66. The quantitative estimate of drug-likeness (QED) is 0.0246. The van der Waals surface area contributed by atoms with Gasteiger partial charge in [0, 0.05) is 54.9 Å². The molecule has 16 heteroatoms. The van der Waals surface area contributed by atoms with Crippen LogP contribution in [0.5, 0.6) is 0 Å². The number of thiocarbonyl (C=S) groups is 2. The van der Waals surface area contributed by atoms with Crippen molar-refractivity contribution in [2.45, 2.75) is 181 Å². The standard InChI is InChI=1S/C88H88N6O2S8/c1-7-13-17-21-25-55-29-39-61(40-30-55)87(62-41-31-56(32-42-62)26-22-18-14-8-2)69-51-68-70(52-67(69)81-71(87)53-73(99-81)65-47-37-59(77-79(65)91-103-89-77)49-75-83(95)93(11-5)85(97)101-75)88(63-43-33-57(34-44-63)27-23-19-15-9-3,64-45-35-58(36-46-64)28-24-20-16-10-4)72-54-74(100-82(68)72)66-48-38-60(78-80(66)92-104-90-78)50-76-84(96)94(12-6)86(98)102-76/h29-54H,7-28H2,1-6H3. The van der Waals surface area contributed by atoms with Gasteiger partial charge in [0.1, 0.15) is 30.7 Å². The lowest BCUT2D eigenvalue weighted by Gasteiger charge is -2.36. The van der Waals surface area contributed by atoms with Gasteiger partial charge < -0.3 is 0 Å². The molecular weight excluding hydrogens is 1430 g/mol. The van der Waals surface area contributed by atoms with Crippen molar-refractivity contribution >= 4 is 149 Å². The van der Waals surface area contributed by atoms with E-state index in [0.29, 0.717) is 31.5 Å². The summed E-state index contributed by atoms with van der Waals surface area (Å²) in [6, 6.07) is 58.0. The smallest absolute Gasteiger partial charge is 0.266 e. The fourth-order valence-corrected chi connectivity index (χ4v) is 22.9. The Hall–Kier alpha value is -7.12. The minimum Gasteiger partial charge on any atom is -0.293 e. The highest BCUT2D eigenvalue weighted by Gasteiger charge is 2.53. The van der Waals surface area contributed by atoms with Crippen molar-refractivity contribution in [2.75, 3.05) is 13.1 Å². The van der Waals surface area contributed by atoms with Gasteiger partial charge in [-0.25, -0.2) is 0 Å². The van der Waals surface area contributed by atoms with Crippen molar-refractivity contribution in [3.05, 3.63) is 233 Å². The van der Waals surface area contributed by atoms with E-state index >= 15 is 0 Å². The number of nitrogens with zero attached hydrogens (tertiary/aromatic N) is 6. The number of benzene rings is 7. The lowest BCUT2D eigenvalue weighted by molar-refractivity contribution is -0.122. The topological polar surface area (TPSA) is 92.2 Å². The van der Waals surface area contributed by atoms with Crippen molar-refractivity contribution in [3.8, 4) is 41.8 Å². The minimum absolute atomic E-state index is 0.0698. The molecule has 11 aromatic rings. The number of carbonyl (C=O) groups excluding carboxylic acids is 2. The molecule has 0 bridgehead atoms. The van der Waals surface area contributed by atoms with E-state index in [4.69, 9.17) is 41.9 Å². The van der Waals surface area contributed by atoms with Crippen molar-refractivity contribution in [1.82, 2.24) is 27.3 Å². The van der Waals surface area contributed by atoms with Gasteiger partial charge in [0.25, 0.3) is 11.8 Å². The van der Waals surface area contributed by atoms with Crippen LogP contribution in [0.4, 0.5) is 0 Å². The third-order valence-electron chi connectivity index (χ3n) is 21.9. The molecule has 0 atom stereocenters. The molecule has 4 aliphatic rings. The number of likely N-dealkylation sites (N-methyl/N-ethyl adjacent to an activating group) is 2.